The highest BCUT2D eigenvalue weighted by Crippen LogP contribution is 2.36. The molecule has 0 atom stereocenters. The van der Waals surface area contributed by atoms with Crippen LogP contribution in [0.5, 0.6) is 0 Å². The summed E-state index contributed by atoms with van der Waals surface area (Å²) in [6.45, 7) is 4.09. The van der Waals surface area contributed by atoms with Crippen molar-refractivity contribution in [3.8, 4) is 22.4 Å². The molecule has 2 N–H and O–H groups in total. The summed E-state index contributed by atoms with van der Waals surface area (Å²) >= 11 is 6.02. The maximum Gasteiger partial charge on any atom is 0.132 e. The van der Waals surface area contributed by atoms with E-state index in [0.717, 1.165) is 48.4 Å². The predicted octanol–water partition coefficient (Wildman–Crippen LogP) is 5.35. The summed E-state index contributed by atoms with van der Waals surface area (Å²) in [5.41, 5.74) is 4.78. The van der Waals surface area contributed by atoms with Crippen LogP contribution in [0.4, 0.5) is 10.1 Å². The highest BCUT2D eigenvalue weighted by Gasteiger charge is 2.20. The maximum atomic E-state index is 14.7. The molecule has 0 unspecified atom stereocenters. The Balaban J connectivity index is 1.67. The Morgan fingerprint density at radius 1 is 1.14 bits per heavy atom. The van der Waals surface area contributed by atoms with Gasteiger partial charge < -0.3 is 10.2 Å². The number of hydrogen-bond acceptors (Lipinski definition) is 3. The van der Waals surface area contributed by atoms with Crippen LogP contribution in [0.25, 0.3) is 22.4 Å². The Kier molecular flexibility index (Phi) is 5.38. The Labute approximate surface area is 169 Å². The van der Waals surface area contributed by atoms with E-state index >= 15 is 0 Å². The number of rotatable bonds is 4. The molecule has 2 heterocycles. The first-order valence-corrected chi connectivity index (χ1v) is 9.95. The summed E-state index contributed by atoms with van der Waals surface area (Å²) < 4.78 is 14.7. The van der Waals surface area contributed by atoms with Gasteiger partial charge in [0.25, 0.3) is 0 Å². The quantitative estimate of drug-likeness (QED) is 0.622. The second-order valence-corrected chi connectivity index (χ2v) is 7.93. The normalized spacial score (nSPS) is 15.7. The van der Waals surface area contributed by atoms with Crippen LogP contribution in [-0.4, -0.2) is 41.3 Å². The largest absolute Gasteiger partial charge is 0.382 e. The monoisotopic (exact) mass is 398 g/mol. The third-order valence-electron chi connectivity index (χ3n) is 5.39. The van der Waals surface area contributed by atoms with Gasteiger partial charge >= 0.3 is 0 Å². The Bertz CT molecular complexity index is 959. The SMILES string of the molecule is Cc1[nH]nc(-c2cc(NC3CCN(C)CC3)ccc2F)c1-c1ccc(Cl)cc1. The standard InChI is InChI=1S/C22H24ClFN4/c1-14-21(15-3-5-16(23)6-4-15)22(27-26-14)19-13-18(7-8-20(19)24)25-17-9-11-28(2)12-10-17/h3-8,13,17,25H,9-12H2,1-2H3,(H,26,27). The van der Waals surface area contributed by atoms with E-state index in [4.69, 9.17) is 11.6 Å². The smallest absolute Gasteiger partial charge is 0.132 e. The number of aryl methyl sites for hydroxylation is 1. The van der Waals surface area contributed by atoms with E-state index in [2.05, 4.69) is 27.5 Å². The summed E-state index contributed by atoms with van der Waals surface area (Å²) in [7, 11) is 2.14. The van der Waals surface area contributed by atoms with Crippen molar-refractivity contribution in [2.45, 2.75) is 25.8 Å². The number of nitrogens with one attached hydrogen (secondary N) is 2. The van der Waals surface area contributed by atoms with E-state index in [1.54, 1.807) is 6.07 Å². The number of halogens is 2. The number of piperidine rings is 1. The number of benzene rings is 2. The van der Waals surface area contributed by atoms with Crippen LogP contribution >= 0.6 is 11.6 Å². The molecule has 1 aliphatic heterocycles. The van der Waals surface area contributed by atoms with Crippen molar-refractivity contribution in [2.24, 2.45) is 0 Å². The molecule has 2 aromatic carbocycles. The van der Waals surface area contributed by atoms with Gasteiger partial charge in [0.05, 0.1) is 0 Å². The van der Waals surface area contributed by atoms with Crippen LogP contribution in [0.1, 0.15) is 18.5 Å². The average molecular weight is 399 g/mol. The molecule has 146 valence electrons. The van der Waals surface area contributed by atoms with Crippen molar-refractivity contribution in [3.63, 3.8) is 0 Å². The minimum absolute atomic E-state index is 0.282. The molecule has 3 aromatic rings. The number of hydrogen-bond donors (Lipinski definition) is 2. The highest BCUT2D eigenvalue weighted by molar-refractivity contribution is 6.30. The molecule has 0 amide bonds. The lowest BCUT2D eigenvalue weighted by Crippen LogP contribution is -2.36. The molecule has 0 radical (unpaired) electrons. The van der Waals surface area contributed by atoms with Crippen LogP contribution in [0.15, 0.2) is 42.5 Å². The minimum atomic E-state index is -0.282. The third-order valence-corrected chi connectivity index (χ3v) is 5.64. The Morgan fingerprint density at radius 3 is 2.57 bits per heavy atom. The molecule has 0 saturated carbocycles. The summed E-state index contributed by atoms with van der Waals surface area (Å²) in [6.07, 6.45) is 2.17. The Hall–Kier alpha value is -2.37. The van der Waals surface area contributed by atoms with E-state index in [-0.39, 0.29) is 5.82 Å². The van der Waals surface area contributed by atoms with Crippen molar-refractivity contribution in [2.75, 3.05) is 25.5 Å². The molecule has 4 nitrogen and oxygen atoms in total. The van der Waals surface area contributed by atoms with Crippen LogP contribution in [0.3, 0.4) is 0 Å². The molecule has 28 heavy (non-hydrogen) atoms. The third kappa shape index (κ3) is 3.91. The fourth-order valence-electron chi connectivity index (χ4n) is 3.78. The zero-order chi connectivity index (χ0) is 19.7. The van der Waals surface area contributed by atoms with Gasteiger partial charge in [-0.2, -0.15) is 5.10 Å². The minimum Gasteiger partial charge on any atom is -0.382 e. The first kappa shape index (κ1) is 19.0. The highest BCUT2D eigenvalue weighted by atomic mass is 35.5. The van der Waals surface area contributed by atoms with Crippen molar-refractivity contribution < 1.29 is 4.39 Å². The average Bonchev–Trinajstić information content (AvgIpc) is 3.07. The first-order valence-electron chi connectivity index (χ1n) is 9.57. The molecular formula is C22H24ClFN4. The number of aromatic amines is 1. The lowest BCUT2D eigenvalue weighted by atomic mass is 9.98. The second-order valence-electron chi connectivity index (χ2n) is 7.50. The molecular weight excluding hydrogens is 375 g/mol. The van der Waals surface area contributed by atoms with E-state index in [0.29, 0.717) is 22.3 Å². The topological polar surface area (TPSA) is 44.0 Å². The Morgan fingerprint density at radius 2 is 1.86 bits per heavy atom. The van der Waals surface area contributed by atoms with Crippen molar-refractivity contribution >= 4 is 17.3 Å². The van der Waals surface area contributed by atoms with Crippen LogP contribution < -0.4 is 5.32 Å². The summed E-state index contributed by atoms with van der Waals surface area (Å²) in [5, 5.41) is 11.6. The molecule has 1 aliphatic rings. The summed E-state index contributed by atoms with van der Waals surface area (Å²) in [6, 6.07) is 13.1. The molecule has 6 heteroatoms. The predicted molar refractivity (Wildman–Crippen MR) is 113 cm³/mol. The van der Waals surface area contributed by atoms with Gasteiger partial charge in [0, 0.05) is 33.6 Å². The lowest BCUT2D eigenvalue weighted by molar-refractivity contribution is 0.264. The van der Waals surface area contributed by atoms with Gasteiger partial charge in [-0.25, -0.2) is 4.39 Å². The number of H-pyrrole nitrogens is 1. The first-order chi connectivity index (χ1) is 13.5. The summed E-state index contributed by atoms with van der Waals surface area (Å²) in [5.74, 6) is -0.282. The van der Waals surface area contributed by atoms with Crippen molar-refractivity contribution in [1.82, 2.24) is 15.1 Å². The number of anilines is 1. The lowest BCUT2D eigenvalue weighted by Gasteiger charge is -2.30. The maximum absolute atomic E-state index is 14.7. The van der Waals surface area contributed by atoms with Crippen LogP contribution in [-0.2, 0) is 0 Å². The van der Waals surface area contributed by atoms with E-state index in [9.17, 15) is 4.39 Å². The van der Waals surface area contributed by atoms with Crippen LogP contribution in [0, 0.1) is 12.7 Å². The molecule has 1 saturated heterocycles. The van der Waals surface area contributed by atoms with Gasteiger partial charge in [0.2, 0.25) is 0 Å². The van der Waals surface area contributed by atoms with Crippen molar-refractivity contribution in [1.29, 1.82) is 0 Å². The van der Waals surface area contributed by atoms with E-state index in [1.807, 2.05) is 37.3 Å². The van der Waals surface area contributed by atoms with Crippen LogP contribution in [0.2, 0.25) is 5.02 Å². The summed E-state index contributed by atoms with van der Waals surface area (Å²) in [4.78, 5) is 2.33. The van der Waals surface area contributed by atoms with Gasteiger partial charge in [-0.05, 0) is 75.8 Å². The van der Waals surface area contributed by atoms with Gasteiger partial charge in [0.1, 0.15) is 11.5 Å². The molecule has 1 fully saturated rings. The van der Waals surface area contributed by atoms with Gasteiger partial charge in [-0.3, -0.25) is 5.10 Å². The number of aromatic nitrogens is 2. The fraction of sp³-hybridized carbons (Fsp3) is 0.318. The van der Waals surface area contributed by atoms with E-state index < -0.39 is 0 Å². The fourth-order valence-corrected chi connectivity index (χ4v) is 3.90. The zero-order valence-electron chi connectivity index (χ0n) is 16.1. The van der Waals surface area contributed by atoms with E-state index in [1.165, 1.54) is 6.07 Å². The molecule has 1 aromatic heterocycles. The van der Waals surface area contributed by atoms with Gasteiger partial charge in [-0.1, -0.05) is 23.7 Å². The zero-order valence-corrected chi connectivity index (χ0v) is 16.9. The van der Waals surface area contributed by atoms with Gasteiger partial charge in [0.15, 0.2) is 0 Å². The van der Waals surface area contributed by atoms with Gasteiger partial charge in [-0.15, -0.1) is 0 Å². The number of likely N-dealkylation sites (tertiary alicyclic amines) is 1. The van der Waals surface area contributed by atoms with Crippen molar-refractivity contribution in [3.05, 3.63) is 59.0 Å². The molecule has 0 spiro atoms. The number of nitrogens with zero attached hydrogens (tertiary/aromatic N) is 2. The molecule has 0 aliphatic carbocycles. The molecule has 4 rings (SSSR count). The second kappa shape index (κ2) is 7.94. The molecule has 0 bridgehead atoms.